The van der Waals surface area contributed by atoms with E-state index in [9.17, 15) is 33.3 Å². The topological polar surface area (TPSA) is 182 Å². The summed E-state index contributed by atoms with van der Waals surface area (Å²) in [6.45, 7) is 2.17. The third kappa shape index (κ3) is 6.02. The minimum atomic E-state index is -4.17. The first kappa shape index (κ1) is 24.8. The number of rotatable bonds is 9. The Bertz CT molecular complexity index is 930. The van der Waals surface area contributed by atoms with Gasteiger partial charge in [-0.1, -0.05) is 19.1 Å². The van der Waals surface area contributed by atoms with Crippen molar-refractivity contribution in [1.29, 1.82) is 0 Å². The fraction of sp³-hybridized carbons (Fsp3) is 0.474. The summed E-state index contributed by atoms with van der Waals surface area (Å²) in [6, 6.07) is 3.40. The minimum absolute atomic E-state index is 0.0875. The van der Waals surface area contributed by atoms with E-state index in [1.54, 1.807) is 12.1 Å². The summed E-state index contributed by atoms with van der Waals surface area (Å²) in [5, 5.41) is 41.0. The van der Waals surface area contributed by atoms with Gasteiger partial charge in [0.1, 0.15) is 18.3 Å². The summed E-state index contributed by atoms with van der Waals surface area (Å²) >= 11 is 0. The van der Waals surface area contributed by atoms with E-state index in [2.05, 4.69) is 10.0 Å². The lowest BCUT2D eigenvalue weighted by atomic mass is 9.92. The first-order valence-electron chi connectivity index (χ1n) is 9.47. The SMILES string of the molecule is CCc1ccc(S(=O)(=O)N[C@H]2C=C(C(=O)O)O[C@@H]([C@H](O)C(O)CO)[C@@H]2NC(C)=O)cc1. The highest BCUT2D eigenvalue weighted by Crippen LogP contribution is 2.24. The van der Waals surface area contributed by atoms with Gasteiger partial charge in [0.15, 0.2) is 0 Å². The second-order valence-electron chi connectivity index (χ2n) is 7.03. The summed E-state index contributed by atoms with van der Waals surface area (Å²) in [6.07, 6.45) is -3.48. The van der Waals surface area contributed by atoms with E-state index in [4.69, 9.17) is 9.84 Å². The Morgan fingerprint density at radius 3 is 2.29 bits per heavy atom. The number of aryl methyl sites for hydroxylation is 1. The number of carboxylic acids is 1. The van der Waals surface area contributed by atoms with Gasteiger partial charge in [0.05, 0.1) is 23.6 Å². The van der Waals surface area contributed by atoms with Crippen LogP contribution in [-0.4, -0.2) is 77.7 Å². The van der Waals surface area contributed by atoms with E-state index in [1.807, 2.05) is 6.92 Å². The Balaban J connectivity index is 2.46. The number of nitrogens with one attached hydrogen (secondary N) is 2. The molecule has 0 spiro atoms. The molecule has 12 heteroatoms. The maximum atomic E-state index is 12.9. The van der Waals surface area contributed by atoms with Crippen LogP contribution in [0.15, 0.2) is 41.0 Å². The average molecular weight is 458 g/mol. The molecule has 0 bridgehead atoms. The van der Waals surface area contributed by atoms with E-state index in [-0.39, 0.29) is 4.90 Å². The van der Waals surface area contributed by atoms with Crippen LogP contribution in [0.3, 0.4) is 0 Å². The molecular formula is C19H26N2O9S. The van der Waals surface area contributed by atoms with Crippen molar-refractivity contribution in [3.05, 3.63) is 41.7 Å². The van der Waals surface area contributed by atoms with E-state index in [1.165, 1.54) is 12.1 Å². The highest BCUT2D eigenvalue weighted by Gasteiger charge is 2.44. The van der Waals surface area contributed by atoms with Crippen LogP contribution in [0.2, 0.25) is 0 Å². The molecule has 1 unspecified atom stereocenters. The van der Waals surface area contributed by atoms with Gasteiger partial charge >= 0.3 is 5.97 Å². The van der Waals surface area contributed by atoms with Crippen LogP contribution in [0, 0.1) is 0 Å². The lowest BCUT2D eigenvalue weighted by molar-refractivity contribution is -0.146. The van der Waals surface area contributed by atoms with E-state index < -0.39 is 64.7 Å². The number of aliphatic hydroxyl groups excluding tert-OH is 3. The van der Waals surface area contributed by atoms with Crippen LogP contribution < -0.4 is 10.0 Å². The average Bonchev–Trinajstić information content (AvgIpc) is 2.73. The van der Waals surface area contributed by atoms with Gasteiger partial charge in [0.25, 0.3) is 0 Å². The Morgan fingerprint density at radius 2 is 1.81 bits per heavy atom. The molecular weight excluding hydrogens is 432 g/mol. The lowest BCUT2D eigenvalue weighted by Crippen LogP contribution is -2.63. The molecule has 0 aliphatic carbocycles. The number of hydrogen-bond acceptors (Lipinski definition) is 8. The normalized spacial score (nSPS) is 23.3. The molecule has 1 aromatic carbocycles. The van der Waals surface area contributed by atoms with Gasteiger partial charge < -0.3 is 30.5 Å². The zero-order valence-electron chi connectivity index (χ0n) is 16.9. The third-order valence-corrected chi connectivity index (χ3v) is 6.24. The third-order valence-electron chi connectivity index (χ3n) is 4.77. The van der Waals surface area contributed by atoms with Crippen molar-refractivity contribution in [3.63, 3.8) is 0 Å². The fourth-order valence-electron chi connectivity index (χ4n) is 3.13. The smallest absolute Gasteiger partial charge is 0.370 e. The van der Waals surface area contributed by atoms with Gasteiger partial charge in [-0.3, -0.25) is 4.79 Å². The van der Waals surface area contributed by atoms with Crippen LogP contribution in [-0.2, 0) is 30.8 Å². The van der Waals surface area contributed by atoms with Gasteiger partial charge in [-0.05, 0) is 30.2 Å². The standard InChI is InChI=1S/C19H26N2O9S/c1-3-11-4-6-12(7-5-11)31(28,29)21-13-8-15(19(26)27)30-18(16(13)20-10(2)23)17(25)14(24)9-22/h4-8,13-14,16-18,21-22,24-25H,3,9H2,1-2H3,(H,20,23)(H,26,27)/t13-,14?,16+,17+,18+/m0/s1. The first-order valence-corrected chi connectivity index (χ1v) is 11.0. The first-order chi connectivity index (χ1) is 14.5. The number of carbonyl (C=O) groups is 2. The second kappa shape index (κ2) is 10.2. The number of carboxylic acid groups (broad SMARTS) is 1. The van der Waals surface area contributed by atoms with Crippen LogP contribution in [0.1, 0.15) is 19.4 Å². The van der Waals surface area contributed by atoms with Crippen molar-refractivity contribution >= 4 is 21.9 Å². The molecule has 1 amide bonds. The molecule has 6 N–H and O–H groups in total. The van der Waals surface area contributed by atoms with Crippen molar-refractivity contribution in [3.8, 4) is 0 Å². The van der Waals surface area contributed by atoms with Crippen LogP contribution in [0.5, 0.6) is 0 Å². The highest BCUT2D eigenvalue weighted by molar-refractivity contribution is 7.89. The summed E-state index contributed by atoms with van der Waals surface area (Å²) in [4.78, 5) is 23.1. The zero-order valence-corrected chi connectivity index (χ0v) is 17.7. The molecule has 1 aromatic rings. The van der Waals surface area contributed by atoms with E-state index in [0.717, 1.165) is 18.6 Å². The van der Waals surface area contributed by atoms with Crippen molar-refractivity contribution in [2.24, 2.45) is 0 Å². The molecule has 0 fully saturated rings. The predicted molar refractivity (Wildman–Crippen MR) is 107 cm³/mol. The highest BCUT2D eigenvalue weighted by atomic mass is 32.2. The molecule has 0 saturated carbocycles. The second-order valence-corrected chi connectivity index (χ2v) is 8.74. The van der Waals surface area contributed by atoms with Crippen LogP contribution in [0.25, 0.3) is 0 Å². The molecule has 2 rings (SSSR count). The number of aliphatic hydroxyl groups is 3. The molecule has 1 heterocycles. The molecule has 5 atom stereocenters. The largest absolute Gasteiger partial charge is 0.478 e. The molecule has 172 valence electrons. The summed E-state index contributed by atoms with van der Waals surface area (Å²) in [7, 11) is -4.17. The Hall–Kier alpha value is -2.51. The van der Waals surface area contributed by atoms with Gasteiger partial charge in [-0.15, -0.1) is 0 Å². The summed E-state index contributed by atoms with van der Waals surface area (Å²) < 4.78 is 33.3. The van der Waals surface area contributed by atoms with E-state index in [0.29, 0.717) is 6.42 Å². The van der Waals surface area contributed by atoms with Crippen molar-refractivity contribution in [2.75, 3.05) is 6.61 Å². The van der Waals surface area contributed by atoms with Crippen molar-refractivity contribution in [1.82, 2.24) is 10.0 Å². The maximum Gasteiger partial charge on any atom is 0.370 e. The van der Waals surface area contributed by atoms with Crippen molar-refractivity contribution in [2.45, 2.75) is 55.6 Å². The molecule has 31 heavy (non-hydrogen) atoms. The monoisotopic (exact) mass is 458 g/mol. The molecule has 0 saturated heterocycles. The van der Waals surface area contributed by atoms with Crippen molar-refractivity contribution < 1.29 is 43.2 Å². The summed E-state index contributed by atoms with van der Waals surface area (Å²) in [5.41, 5.74) is 0.912. The number of sulfonamides is 1. The lowest BCUT2D eigenvalue weighted by Gasteiger charge is -2.39. The molecule has 0 aromatic heterocycles. The van der Waals surface area contributed by atoms with Crippen LogP contribution in [0.4, 0.5) is 0 Å². The van der Waals surface area contributed by atoms with Gasteiger partial charge in [-0.25, -0.2) is 17.9 Å². The van der Waals surface area contributed by atoms with Gasteiger partial charge in [0.2, 0.25) is 21.7 Å². The summed E-state index contributed by atoms with van der Waals surface area (Å²) in [5.74, 6) is -2.86. The quantitative estimate of drug-likeness (QED) is 0.256. The predicted octanol–water partition coefficient (Wildman–Crippen LogP) is -1.52. The zero-order chi connectivity index (χ0) is 23.3. The van der Waals surface area contributed by atoms with Gasteiger partial charge in [-0.2, -0.15) is 0 Å². The number of aliphatic carboxylic acids is 1. The van der Waals surface area contributed by atoms with E-state index >= 15 is 0 Å². The molecule has 1 aliphatic rings. The Kier molecular flexibility index (Phi) is 8.14. The number of carbonyl (C=O) groups excluding carboxylic acids is 1. The Labute approximate surface area is 179 Å². The molecule has 11 nitrogen and oxygen atoms in total. The molecule has 0 radical (unpaired) electrons. The van der Waals surface area contributed by atoms with Gasteiger partial charge in [0, 0.05) is 6.92 Å². The minimum Gasteiger partial charge on any atom is -0.478 e. The number of amides is 1. The maximum absolute atomic E-state index is 12.9. The number of ether oxygens (including phenoxy) is 1. The van der Waals surface area contributed by atoms with Crippen LogP contribution >= 0.6 is 0 Å². The fourth-order valence-corrected chi connectivity index (χ4v) is 4.33. The molecule has 1 aliphatic heterocycles. The number of benzene rings is 1. The number of hydrogen-bond donors (Lipinski definition) is 6. The Morgan fingerprint density at radius 1 is 1.19 bits per heavy atom.